The molecule has 0 unspecified atom stereocenters. The van der Waals surface area contributed by atoms with Gasteiger partial charge in [0, 0.05) is 12.6 Å². The first kappa shape index (κ1) is 16.1. The van der Waals surface area contributed by atoms with Gasteiger partial charge in [0.2, 0.25) is 10.0 Å². The van der Waals surface area contributed by atoms with Gasteiger partial charge in [-0.25, -0.2) is 13.1 Å². The smallest absolute Gasteiger partial charge is 0.211 e. The molecule has 0 heterocycles. The average molecular weight is 284 g/mol. The fourth-order valence-electron chi connectivity index (χ4n) is 1.80. The lowest BCUT2D eigenvalue weighted by Gasteiger charge is -2.14. The Kier molecular flexibility index (Phi) is 5.97. The Hall–Kier alpha value is -0.910. The van der Waals surface area contributed by atoms with Crippen LogP contribution in [0.15, 0.2) is 24.3 Å². The largest absolute Gasteiger partial charge is 0.323 e. The highest BCUT2D eigenvalue weighted by Crippen LogP contribution is 2.17. The summed E-state index contributed by atoms with van der Waals surface area (Å²) < 4.78 is 25.6. The highest BCUT2D eigenvalue weighted by molar-refractivity contribution is 7.89. The number of hydrogen-bond donors (Lipinski definition) is 2. The molecule has 0 saturated heterocycles. The fraction of sp³-hybridized carbons (Fsp3) is 0.571. The number of nitrogens with one attached hydrogen (secondary N) is 1. The van der Waals surface area contributed by atoms with Crippen LogP contribution in [0.2, 0.25) is 0 Å². The summed E-state index contributed by atoms with van der Waals surface area (Å²) in [5, 5.41) is 0. The van der Waals surface area contributed by atoms with Crippen LogP contribution in [0.5, 0.6) is 0 Å². The molecule has 3 N–H and O–H groups in total. The second-order valence-electron chi connectivity index (χ2n) is 5.10. The van der Waals surface area contributed by atoms with E-state index in [0.29, 0.717) is 12.3 Å². The van der Waals surface area contributed by atoms with Crippen molar-refractivity contribution >= 4 is 10.0 Å². The zero-order valence-electron chi connectivity index (χ0n) is 11.9. The van der Waals surface area contributed by atoms with Crippen LogP contribution < -0.4 is 10.5 Å². The quantitative estimate of drug-likeness (QED) is 0.805. The van der Waals surface area contributed by atoms with Gasteiger partial charge < -0.3 is 5.73 Å². The molecule has 0 bridgehead atoms. The summed E-state index contributed by atoms with van der Waals surface area (Å²) in [4.78, 5) is 0. The maximum Gasteiger partial charge on any atom is 0.211 e. The van der Waals surface area contributed by atoms with Crippen LogP contribution in [0, 0.1) is 0 Å². The van der Waals surface area contributed by atoms with Crippen molar-refractivity contribution in [1.29, 1.82) is 0 Å². The van der Waals surface area contributed by atoms with Gasteiger partial charge >= 0.3 is 0 Å². The molecule has 0 aliphatic heterocycles. The first-order valence-electron chi connectivity index (χ1n) is 6.68. The molecule has 0 radical (unpaired) electrons. The summed E-state index contributed by atoms with van der Waals surface area (Å²) in [6, 6.07) is 7.70. The van der Waals surface area contributed by atoms with Gasteiger partial charge in [-0.15, -0.1) is 0 Å². The maximum absolute atomic E-state index is 11.5. The molecular formula is C14H24N2O2S. The molecule has 5 heteroatoms. The molecule has 19 heavy (non-hydrogen) atoms. The summed E-state index contributed by atoms with van der Waals surface area (Å²) >= 11 is 0. The van der Waals surface area contributed by atoms with E-state index < -0.39 is 10.0 Å². The molecule has 1 rings (SSSR count). The molecule has 0 amide bonds. The van der Waals surface area contributed by atoms with Crippen molar-refractivity contribution in [2.75, 3.05) is 12.3 Å². The van der Waals surface area contributed by atoms with Crippen LogP contribution in [0.25, 0.3) is 0 Å². The molecule has 0 aliphatic carbocycles. The number of hydrogen-bond acceptors (Lipinski definition) is 3. The van der Waals surface area contributed by atoms with Gasteiger partial charge in [0.25, 0.3) is 0 Å². The Balaban J connectivity index is 2.61. The van der Waals surface area contributed by atoms with Crippen LogP contribution in [0.4, 0.5) is 0 Å². The Bertz CT molecular complexity index is 481. The van der Waals surface area contributed by atoms with Crippen molar-refractivity contribution in [3.8, 4) is 0 Å². The Morgan fingerprint density at radius 2 is 1.68 bits per heavy atom. The topological polar surface area (TPSA) is 72.2 Å². The molecular weight excluding hydrogens is 260 g/mol. The van der Waals surface area contributed by atoms with Crippen molar-refractivity contribution in [2.45, 2.75) is 39.2 Å². The van der Waals surface area contributed by atoms with E-state index in [1.165, 1.54) is 5.56 Å². The molecule has 4 nitrogen and oxygen atoms in total. The summed E-state index contributed by atoms with van der Waals surface area (Å²) in [6.07, 6.45) is 0.605. The van der Waals surface area contributed by atoms with E-state index in [9.17, 15) is 8.42 Å². The van der Waals surface area contributed by atoms with Crippen molar-refractivity contribution in [3.63, 3.8) is 0 Å². The Morgan fingerprint density at radius 1 is 1.16 bits per heavy atom. The van der Waals surface area contributed by atoms with Crippen LogP contribution in [0.1, 0.15) is 50.3 Å². The van der Waals surface area contributed by atoms with E-state index in [0.717, 1.165) is 5.56 Å². The summed E-state index contributed by atoms with van der Waals surface area (Å²) in [5.74, 6) is 0.625. The lowest BCUT2D eigenvalue weighted by molar-refractivity contribution is 0.571. The third-order valence-electron chi connectivity index (χ3n) is 3.03. The maximum atomic E-state index is 11.5. The minimum atomic E-state index is -3.19. The molecule has 0 saturated carbocycles. The number of sulfonamides is 1. The zero-order chi connectivity index (χ0) is 14.5. The van der Waals surface area contributed by atoms with Crippen LogP contribution in [-0.2, 0) is 10.0 Å². The second-order valence-corrected chi connectivity index (χ2v) is 7.02. The van der Waals surface area contributed by atoms with Gasteiger partial charge in [0.1, 0.15) is 0 Å². The summed E-state index contributed by atoms with van der Waals surface area (Å²) in [5.41, 5.74) is 8.20. The lowest BCUT2D eigenvalue weighted by atomic mass is 9.99. The monoisotopic (exact) mass is 284 g/mol. The molecule has 0 fully saturated rings. The first-order chi connectivity index (χ1) is 8.85. The number of benzene rings is 1. The number of nitrogens with two attached hydrogens (primary N) is 1. The van der Waals surface area contributed by atoms with Gasteiger partial charge in [-0.1, -0.05) is 45.0 Å². The molecule has 0 aliphatic rings. The van der Waals surface area contributed by atoms with Gasteiger partial charge in [-0.2, -0.15) is 0 Å². The molecule has 1 aromatic rings. The van der Waals surface area contributed by atoms with Crippen molar-refractivity contribution in [1.82, 2.24) is 4.72 Å². The van der Waals surface area contributed by atoms with Gasteiger partial charge in [0.15, 0.2) is 0 Å². The van der Waals surface area contributed by atoms with Gasteiger partial charge in [-0.05, 0) is 23.5 Å². The summed E-state index contributed by atoms with van der Waals surface area (Å²) in [7, 11) is -3.19. The van der Waals surface area contributed by atoms with E-state index >= 15 is 0 Å². The normalized spacial score (nSPS) is 13.7. The second kappa shape index (κ2) is 7.03. The molecule has 1 aromatic carbocycles. The first-order valence-corrected chi connectivity index (χ1v) is 8.33. The zero-order valence-corrected chi connectivity index (χ0v) is 12.7. The fourth-order valence-corrected chi connectivity index (χ4v) is 2.92. The van der Waals surface area contributed by atoms with Crippen LogP contribution in [-0.4, -0.2) is 20.7 Å². The van der Waals surface area contributed by atoms with E-state index in [1.807, 2.05) is 31.2 Å². The molecule has 0 spiro atoms. The minimum Gasteiger partial charge on any atom is -0.323 e. The summed E-state index contributed by atoms with van der Waals surface area (Å²) in [6.45, 7) is 6.34. The van der Waals surface area contributed by atoms with Gasteiger partial charge in [-0.3, -0.25) is 0 Å². The molecule has 1 atom stereocenters. The van der Waals surface area contributed by atoms with E-state index in [2.05, 4.69) is 18.6 Å². The Morgan fingerprint density at radius 3 is 2.16 bits per heavy atom. The van der Waals surface area contributed by atoms with E-state index in [-0.39, 0.29) is 18.3 Å². The standard InChI is InChI=1S/C14H24N2O2S/c1-4-9-19(17,18)16-10-14(15)13-7-5-12(6-8-13)11(2)3/h5-8,11,14,16H,4,9-10,15H2,1-3H3/t14-/m0/s1. The average Bonchev–Trinajstić information content (AvgIpc) is 2.36. The van der Waals surface area contributed by atoms with Crippen molar-refractivity contribution in [2.24, 2.45) is 5.73 Å². The minimum absolute atomic E-state index is 0.145. The highest BCUT2D eigenvalue weighted by Gasteiger charge is 2.12. The molecule has 0 aromatic heterocycles. The van der Waals surface area contributed by atoms with Crippen LogP contribution in [0.3, 0.4) is 0 Å². The predicted molar refractivity (Wildman–Crippen MR) is 79.5 cm³/mol. The van der Waals surface area contributed by atoms with Gasteiger partial charge in [0.05, 0.1) is 5.75 Å². The van der Waals surface area contributed by atoms with Crippen LogP contribution >= 0.6 is 0 Å². The SMILES string of the molecule is CCCS(=O)(=O)NC[C@H](N)c1ccc(C(C)C)cc1. The molecule has 108 valence electrons. The van der Waals surface area contributed by atoms with Crippen molar-refractivity contribution in [3.05, 3.63) is 35.4 Å². The predicted octanol–water partition coefficient (Wildman–Crippen LogP) is 2.14. The highest BCUT2D eigenvalue weighted by atomic mass is 32.2. The van der Waals surface area contributed by atoms with E-state index in [1.54, 1.807) is 0 Å². The lowest BCUT2D eigenvalue weighted by Crippen LogP contribution is -2.33. The number of rotatable bonds is 7. The van der Waals surface area contributed by atoms with Crippen molar-refractivity contribution < 1.29 is 8.42 Å². The Labute approximate surface area is 116 Å². The third kappa shape index (κ3) is 5.30. The van der Waals surface area contributed by atoms with E-state index in [4.69, 9.17) is 5.73 Å². The third-order valence-corrected chi connectivity index (χ3v) is 4.58.